The highest BCUT2D eigenvalue weighted by molar-refractivity contribution is 8.68. The van der Waals surface area contributed by atoms with Crippen molar-refractivity contribution >= 4 is 28.4 Å². The highest BCUT2D eigenvalue weighted by atomic mass is 33.1. The average molecular weight is 179 g/mol. The van der Waals surface area contributed by atoms with Crippen molar-refractivity contribution in [2.45, 2.75) is 12.8 Å². The number of rotatable bonds is 4. The Morgan fingerprint density at radius 1 is 1.60 bits per heavy atom. The van der Waals surface area contributed by atoms with E-state index in [0.717, 1.165) is 12.2 Å². The Morgan fingerprint density at radius 2 is 2.20 bits per heavy atom. The topological polar surface area (TPSA) is 20.3 Å². The first-order valence-electron chi connectivity index (χ1n) is 3.15. The Labute approximate surface area is 71.2 Å². The molecule has 0 radical (unpaired) electrons. The maximum Gasteiger partial charge on any atom is 0.222 e. The molecule has 0 aliphatic carbocycles. The van der Waals surface area contributed by atoms with Crippen LogP contribution in [0.1, 0.15) is 12.8 Å². The predicted octanol–water partition coefficient (Wildman–Crippen LogP) is 1.43. The standard InChI is InChI=1S/C6H13NOS2/c1-7(2)6(8)4-3-5-10-9/h9H,3-5H2,1-2H3. The van der Waals surface area contributed by atoms with E-state index in [2.05, 4.69) is 11.7 Å². The third-order valence-corrected chi connectivity index (χ3v) is 2.14. The highest BCUT2D eigenvalue weighted by Crippen LogP contribution is 2.08. The summed E-state index contributed by atoms with van der Waals surface area (Å²) in [6, 6.07) is 0. The lowest BCUT2D eigenvalue weighted by Gasteiger charge is -2.08. The zero-order chi connectivity index (χ0) is 7.98. The molecule has 0 aromatic carbocycles. The van der Waals surface area contributed by atoms with Gasteiger partial charge in [0.15, 0.2) is 0 Å². The molecule has 0 spiro atoms. The number of carbonyl (C=O) groups is 1. The van der Waals surface area contributed by atoms with Crippen molar-refractivity contribution in [3.8, 4) is 0 Å². The maximum absolute atomic E-state index is 10.9. The molecule has 0 aromatic heterocycles. The Hall–Kier alpha value is 0.170. The van der Waals surface area contributed by atoms with Gasteiger partial charge in [0.25, 0.3) is 0 Å². The minimum absolute atomic E-state index is 0.197. The van der Waals surface area contributed by atoms with Crippen molar-refractivity contribution in [2.24, 2.45) is 0 Å². The van der Waals surface area contributed by atoms with Crippen LogP contribution in [0.15, 0.2) is 0 Å². The second-order valence-electron chi connectivity index (χ2n) is 2.22. The summed E-state index contributed by atoms with van der Waals surface area (Å²) >= 11 is 3.97. The average Bonchev–Trinajstić information content (AvgIpc) is 1.88. The van der Waals surface area contributed by atoms with Crippen LogP contribution in [0.3, 0.4) is 0 Å². The van der Waals surface area contributed by atoms with Crippen LogP contribution in [-0.2, 0) is 4.79 Å². The maximum atomic E-state index is 10.9. The summed E-state index contributed by atoms with van der Waals surface area (Å²) < 4.78 is 0. The van der Waals surface area contributed by atoms with E-state index in [0.29, 0.717) is 6.42 Å². The summed E-state index contributed by atoms with van der Waals surface area (Å²) in [5.74, 6) is 1.14. The van der Waals surface area contributed by atoms with Crippen LogP contribution < -0.4 is 0 Å². The Kier molecular flexibility index (Phi) is 6.02. The molecule has 0 bridgehead atoms. The Balaban J connectivity index is 3.22. The molecule has 0 unspecified atom stereocenters. The summed E-state index contributed by atoms with van der Waals surface area (Å²) in [7, 11) is 5.03. The molecule has 0 saturated heterocycles. The molecule has 4 heteroatoms. The molecule has 1 amide bonds. The van der Waals surface area contributed by atoms with Crippen molar-refractivity contribution < 1.29 is 4.79 Å². The van der Waals surface area contributed by atoms with E-state index in [1.165, 1.54) is 10.8 Å². The van der Waals surface area contributed by atoms with E-state index < -0.39 is 0 Å². The van der Waals surface area contributed by atoms with Crippen molar-refractivity contribution in [3.05, 3.63) is 0 Å². The monoisotopic (exact) mass is 179 g/mol. The molecule has 0 aromatic rings. The Morgan fingerprint density at radius 3 is 2.60 bits per heavy atom. The minimum Gasteiger partial charge on any atom is -0.349 e. The first kappa shape index (κ1) is 10.2. The van der Waals surface area contributed by atoms with E-state index in [9.17, 15) is 4.79 Å². The van der Waals surface area contributed by atoms with Gasteiger partial charge in [0, 0.05) is 26.3 Å². The molecule has 0 N–H and O–H groups in total. The third kappa shape index (κ3) is 4.99. The van der Waals surface area contributed by atoms with Gasteiger partial charge < -0.3 is 4.90 Å². The quantitative estimate of drug-likeness (QED) is 0.400. The smallest absolute Gasteiger partial charge is 0.222 e. The van der Waals surface area contributed by atoms with Crippen LogP contribution >= 0.6 is 22.5 Å². The number of hydrogen-bond donors (Lipinski definition) is 1. The summed E-state index contributed by atoms with van der Waals surface area (Å²) in [6.45, 7) is 0. The lowest BCUT2D eigenvalue weighted by Crippen LogP contribution is -2.21. The fourth-order valence-electron chi connectivity index (χ4n) is 0.512. The minimum atomic E-state index is 0.197. The molecule has 0 heterocycles. The molecule has 0 rings (SSSR count). The van der Waals surface area contributed by atoms with E-state index in [1.807, 2.05) is 0 Å². The number of hydrogen-bond acceptors (Lipinski definition) is 3. The van der Waals surface area contributed by atoms with Crippen molar-refractivity contribution in [3.63, 3.8) is 0 Å². The first-order chi connectivity index (χ1) is 4.68. The molecule has 0 atom stereocenters. The van der Waals surface area contributed by atoms with Crippen molar-refractivity contribution in [1.29, 1.82) is 0 Å². The molecule has 0 aliphatic heterocycles. The zero-order valence-electron chi connectivity index (χ0n) is 6.33. The van der Waals surface area contributed by atoms with Gasteiger partial charge >= 0.3 is 0 Å². The molecular weight excluding hydrogens is 166 g/mol. The largest absolute Gasteiger partial charge is 0.349 e. The molecule has 0 aliphatic rings. The second-order valence-corrected chi connectivity index (χ2v) is 3.67. The first-order valence-corrected chi connectivity index (χ1v) is 5.18. The van der Waals surface area contributed by atoms with Gasteiger partial charge in [-0.1, -0.05) is 10.8 Å². The molecule has 0 saturated carbocycles. The fraction of sp³-hybridized carbons (Fsp3) is 0.833. The molecular formula is C6H13NOS2. The van der Waals surface area contributed by atoms with Crippen molar-refractivity contribution in [1.82, 2.24) is 4.90 Å². The van der Waals surface area contributed by atoms with Crippen LogP contribution in [0.4, 0.5) is 0 Å². The van der Waals surface area contributed by atoms with Crippen LogP contribution in [0.5, 0.6) is 0 Å². The predicted molar refractivity (Wildman–Crippen MR) is 49.4 cm³/mol. The second kappa shape index (κ2) is 5.92. The molecule has 60 valence electrons. The van der Waals surface area contributed by atoms with Crippen LogP contribution in [0.25, 0.3) is 0 Å². The fourth-order valence-corrected chi connectivity index (χ4v) is 1.17. The van der Waals surface area contributed by atoms with Crippen LogP contribution in [0.2, 0.25) is 0 Å². The van der Waals surface area contributed by atoms with E-state index in [1.54, 1.807) is 19.0 Å². The van der Waals surface area contributed by atoms with Crippen LogP contribution in [0, 0.1) is 0 Å². The summed E-state index contributed by atoms with van der Waals surface area (Å²) in [5, 5.41) is 0. The van der Waals surface area contributed by atoms with Crippen molar-refractivity contribution in [2.75, 3.05) is 19.8 Å². The number of amides is 1. The normalized spacial score (nSPS) is 9.50. The summed E-state index contributed by atoms with van der Waals surface area (Å²) in [6.07, 6.45) is 1.56. The lowest BCUT2D eigenvalue weighted by molar-refractivity contribution is -0.128. The lowest BCUT2D eigenvalue weighted by atomic mass is 10.3. The van der Waals surface area contributed by atoms with Crippen LogP contribution in [-0.4, -0.2) is 30.7 Å². The van der Waals surface area contributed by atoms with Gasteiger partial charge in [-0.15, -0.1) is 11.7 Å². The van der Waals surface area contributed by atoms with E-state index >= 15 is 0 Å². The molecule has 10 heavy (non-hydrogen) atoms. The van der Waals surface area contributed by atoms with Gasteiger partial charge in [0.2, 0.25) is 5.91 Å². The summed E-state index contributed by atoms with van der Waals surface area (Å²) in [4.78, 5) is 12.5. The summed E-state index contributed by atoms with van der Waals surface area (Å²) in [5.41, 5.74) is 0. The van der Waals surface area contributed by atoms with Gasteiger partial charge in [-0.25, -0.2) is 0 Å². The number of nitrogens with zero attached hydrogens (tertiary/aromatic N) is 1. The number of carbonyl (C=O) groups excluding carboxylic acids is 1. The van der Waals surface area contributed by atoms with Gasteiger partial charge in [0.1, 0.15) is 0 Å². The van der Waals surface area contributed by atoms with Gasteiger partial charge in [-0.3, -0.25) is 4.79 Å². The highest BCUT2D eigenvalue weighted by Gasteiger charge is 2.01. The Bertz CT molecular complexity index is 106. The van der Waals surface area contributed by atoms with Gasteiger partial charge in [-0.05, 0) is 6.42 Å². The zero-order valence-corrected chi connectivity index (χ0v) is 8.04. The molecule has 2 nitrogen and oxygen atoms in total. The third-order valence-electron chi connectivity index (χ3n) is 1.13. The number of thiol groups is 1. The SMILES string of the molecule is CN(C)C(=O)CCCSS. The van der Waals surface area contributed by atoms with E-state index in [-0.39, 0.29) is 5.91 Å². The van der Waals surface area contributed by atoms with Gasteiger partial charge in [0.05, 0.1) is 0 Å². The molecule has 0 fully saturated rings. The van der Waals surface area contributed by atoms with E-state index in [4.69, 9.17) is 0 Å². The van der Waals surface area contributed by atoms with Gasteiger partial charge in [-0.2, -0.15) is 0 Å².